The molecule has 6 nitrogen and oxygen atoms in total. The fraction of sp³-hybridized carbons (Fsp3) is 0.850. The monoisotopic (exact) mass is 362 g/mol. The normalized spacial score (nSPS) is 33.9. The second-order valence-corrected chi connectivity index (χ2v) is 8.59. The predicted octanol–water partition coefficient (Wildman–Crippen LogP) is 1.76. The third-order valence-electron chi connectivity index (χ3n) is 6.89. The third kappa shape index (κ3) is 3.84. The van der Waals surface area contributed by atoms with E-state index in [1.165, 1.54) is 37.8 Å². The lowest BCUT2D eigenvalue weighted by Crippen LogP contribution is -2.56. The first-order valence-electron chi connectivity index (χ1n) is 10.2. The van der Waals surface area contributed by atoms with Crippen LogP contribution in [0.3, 0.4) is 0 Å². The van der Waals surface area contributed by atoms with E-state index >= 15 is 0 Å². The van der Waals surface area contributed by atoms with Gasteiger partial charge in [-0.1, -0.05) is 0 Å². The number of likely N-dealkylation sites (tertiary alicyclic amines) is 1. The van der Waals surface area contributed by atoms with Gasteiger partial charge in [0, 0.05) is 63.6 Å². The van der Waals surface area contributed by atoms with Crippen LogP contribution < -0.4 is 0 Å². The highest BCUT2D eigenvalue weighted by Crippen LogP contribution is 2.48. The van der Waals surface area contributed by atoms with Crippen LogP contribution in [0, 0.1) is 11.3 Å². The molecule has 1 aromatic rings. The molecule has 3 fully saturated rings. The van der Waals surface area contributed by atoms with E-state index in [1.54, 1.807) is 0 Å². The van der Waals surface area contributed by atoms with Crippen molar-refractivity contribution in [1.82, 2.24) is 19.6 Å². The van der Waals surface area contributed by atoms with Crippen molar-refractivity contribution in [3.8, 4) is 0 Å². The van der Waals surface area contributed by atoms with E-state index in [2.05, 4.69) is 21.1 Å². The summed E-state index contributed by atoms with van der Waals surface area (Å²) in [6, 6.07) is 0.749. The van der Waals surface area contributed by atoms with Crippen LogP contribution in [0.25, 0.3) is 0 Å². The molecule has 0 radical (unpaired) electrons. The van der Waals surface area contributed by atoms with Crippen LogP contribution in [0.4, 0.5) is 0 Å². The number of nitrogens with zero attached hydrogens (tertiary/aromatic N) is 4. The number of aromatic nitrogens is 2. The van der Waals surface area contributed by atoms with Crippen LogP contribution >= 0.6 is 0 Å². The Morgan fingerprint density at radius 3 is 2.85 bits per heavy atom. The number of morpholine rings is 1. The van der Waals surface area contributed by atoms with Crippen molar-refractivity contribution in [3.63, 3.8) is 0 Å². The lowest BCUT2D eigenvalue weighted by Gasteiger charge is -2.54. The number of hydrogen-bond donors (Lipinski definition) is 0. The summed E-state index contributed by atoms with van der Waals surface area (Å²) >= 11 is 0. The number of hydrogen-bond acceptors (Lipinski definition) is 5. The summed E-state index contributed by atoms with van der Waals surface area (Å²) in [7, 11) is 3.87. The first kappa shape index (κ1) is 18.4. The van der Waals surface area contributed by atoms with Gasteiger partial charge >= 0.3 is 0 Å². The highest BCUT2D eigenvalue weighted by atomic mass is 16.5. The van der Waals surface area contributed by atoms with Gasteiger partial charge in [-0.2, -0.15) is 5.10 Å². The number of aryl methyl sites for hydroxylation is 1. The van der Waals surface area contributed by atoms with Crippen molar-refractivity contribution in [3.05, 3.63) is 18.0 Å². The lowest BCUT2D eigenvalue weighted by atomic mass is 9.62. The van der Waals surface area contributed by atoms with Gasteiger partial charge in [0.05, 0.1) is 26.0 Å². The van der Waals surface area contributed by atoms with Crippen LogP contribution in [0.2, 0.25) is 0 Å². The summed E-state index contributed by atoms with van der Waals surface area (Å²) in [4.78, 5) is 5.31. The Balaban J connectivity index is 1.42. The molecule has 0 amide bonds. The average molecular weight is 363 g/mol. The van der Waals surface area contributed by atoms with Gasteiger partial charge in [-0.3, -0.25) is 14.5 Å². The summed E-state index contributed by atoms with van der Waals surface area (Å²) in [6.45, 7) is 8.31. The Hall–Kier alpha value is -0.950. The minimum Gasteiger partial charge on any atom is -0.384 e. The van der Waals surface area contributed by atoms with Crippen LogP contribution in [0.5, 0.6) is 0 Å². The van der Waals surface area contributed by atoms with Crippen molar-refractivity contribution < 1.29 is 9.47 Å². The molecule has 3 atom stereocenters. The highest BCUT2D eigenvalue weighted by molar-refractivity contribution is 5.06. The quantitative estimate of drug-likeness (QED) is 0.799. The molecular weight excluding hydrogens is 328 g/mol. The van der Waals surface area contributed by atoms with Crippen LogP contribution in [0.1, 0.15) is 31.2 Å². The molecule has 2 aliphatic heterocycles. The van der Waals surface area contributed by atoms with Gasteiger partial charge in [0.15, 0.2) is 0 Å². The van der Waals surface area contributed by atoms with Crippen molar-refractivity contribution >= 4 is 0 Å². The summed E-state index contributed by atoms with van der Waals surface area (Å²) in [5.74, 6) is 0.786. The fourth-order valence-corrected chi connectivity index (χ4v) is 5.59. The number of piperidine rings is 1. The average Bonchev–Trinajstić information content (AvgIpc) is 3.07. The molecule has 3 heterocycles. The van der Waals surface area contributed by atoms with E-state index in [4.69, 9.17) is 9.47 Å². The summed E-state index contributed by atoms with van der Waals surface area (Å²) in [5.41, 5.74) is 1.65. The zero-order valence-electron chi connectivity index (χ0n) is 16.4. The molecule has 6 heteroatoms. The first-order valence-corrected chi connectivity index (χ1v) is 10.2. The van der Waals surface area contributed by atoms with Gasteiger partial charge in [-0.15, -0.1) is 0 Å². The van der Waals surface area contributed by atoms with E-state index in [0.717, 1.165) is 58.0 Å². The second-order valence-electron chi connectivity index (χ2n) is 8.59. The van der Waals surface area contributed by atoms with Crippen molar-refractivity contribution in [2.24, 2.45) is 18.4 Å². The summed E-state index contributed by atoms with van der Waals surface area (Å²) in [5, 5.41) is 4.33. The summed E-state index contributed by atoms with van der Waals surface area (Å²) < 4.78 is 13.2. The maximum atomic E-state index is 5.75. The zero-order valence-corrected chi connectivity index (χ0v) is 16.4. The molecule has 0 bridgehead atoms. The molecule has 1 aromatic heterocycles. The molecule has 2 saturated heterocycles. The van der Waals surface area contributed by atoms with Crippen LogP contribution in [-0.4, -0.2) is 78.7 Å². The standard InChI is InChI=1S/C20H34N4O2/c1-22-13-17(12-21-22)14-23-6-4-18-11-19(24-7-9-26-10-8-24)3-5-20(18,15-23)16-25-2/h12-13,18-19H,3-11,14-16H2,1-2H3/t18-,19-,20+/m0/s1. The van der Waals surface area contributed by atoms with Gasteiger partial charge in [-0.05, 0) is 38.1 Å². The smallest absolute Gasteiger partial charge is 0.0594 e. The topological polar surface area (TPSA) is 42.8 Å². The molecule has 4 rings (SSSR count). The molecule has 26 heavy (non-hydrogen) atoms. The Kier molecular flexibility index (Phi) is 5.64. The van der Waals surface area contributed by atoms with E-state index in [9.17, 15) is 0 Å². The Labute approximate surface area is 157 Å². The zero-order chi connectivity index (χ0) is 18.0. The van der Waals surface area contributed by atoms with Crippen molar-refractivity contribution in [1.29, 1.82) is 0 Å². The lowest BCUT2D eigenvalue weighted by molar-refractivity contribution is -0.0870. The minimum absolute atomic E-state index is 0.331. The van der Waals surface area contributed by atoms with Gasteiger partial charge in [0.2, 0.25) is 0 Å². The van der Waals surface area contributed by atoms with E-state index in [0.29, 0.717) is 5.41 Å². The number of ether oxygens (including phenoxy) is 2. The maximum Gasteiger partial charge on any atom is 0.0594 e. The van der Waals surface area contributed by atoms with Gasteiger partial charge in [0.1, 0.15) is 0 Å². The molecule has 146 valence electrons. The second kappa shape index (κ2) is 7.97. The number of methoxy groups -OCH3 is 1. The molecule has 0 aromatic carbocycles. The van der Waals surface area contributed by atoms with Crippen LogP contribution in [-0.2, 0) is 23.1 Å². The molecule has 1 saturated carbocycles. The minimum atomic E-state index is 0.331. The van der Waals surface area contributed by atoms with E-state index in [1.807, 2.05) is 25.0 Å². The van der Waals surface area contributed by atoms with E-state index in [-0.39, 0.29) is 0 Å². The SMILES string of the molecule is COC[C@]12CC[C@H](N3CCOCC3)C[C@@H]1CCN(Cc1cnn(C)c1)C2. The fourth-order valence-electron chi connectivity index (χ4n) is 5.59. The molecule has 3 aliphatic rings. The van der Waals surface area contributed by atoms with E-state index < -0.39 is 0 Å². The molecule has 0 spiro atoms. The third-order valence-corrected chi connectivity index (χ3v) is 6.89. The van der Waals surface area contributed by atoms with Gasteiger partial charge in [0.25, 0.3) is 0 Å². The van der Waals surface area contributed by atoms with Gasteiger partial charge < -0.3 is 9.47 Å². The molecule has 0 N–H and O–H groups in total. The number of rotatable bonds is 5. The predicted molar refractivity (Wildman–Crippen MR) is 101 cm³/mol. The van der Waals surface area contributed by atoms with Crippen molar-refractivity contribution in [2.45, 2.75) is 38.3 Å². The molecule has 1 aliphatic carbocycles. The first-order chi connectivity index (χ1) is 12.7. The highest BCUT2D eigenvalue weighted by Gasteiger charge is 2.47. The molecule has 0 unspecified atom stereocenters. The maximum absolute atomic E-state index is 5.75. The summed E-state index contributed by atoms with van der Waals surface area (Å²) in [6.07, 6.45) is 9.38. The Morgan fingerprint density at radius 1 is 1.27 bits per heavy atom. The Morgan fingerprint density at radius 2 is 2.12 bits per heavy atom. The largest absolute Gasteiger partial charge is 0.384 e. The number of fused-ring (bicyclic) bond motifs is 1. The Bertz CT molecular complexity index is 586. The molecular formula is C20H34N4O2. The van der Waals surface area contributed by atoms with Gasteiger partial charge in [-0.25, -0.2) is 0 Å². The van der Waals surface area contributed by atoms with Crippen LogP contribution in [0.15, 0.2) is 12.4 Å². The van der Waals surface area contributed by atoms with Crippen molar-refractivity contribution in [2.75, 3.05) is 53.1 Å².